The van der Waals surface area contributed by atoms with Crippen LogP contribution < -0.4 is 10.6 Å². The van der Waals surface area contributed by atoms with E-state index in [1.54, 1.807) is 4.68 Å². The van der Waals surface area contributed by atoms with Gasteiger partial charge in [-0.05, 0) is 30.9 Å². The first-order valence-corrected chi connectivity index (χ1v) is 7.72. The van der Waals surface area contributed by atoms with Gasteiger partial charge in [0.1, 0.15) is 0 Å². The number of nitrogens with two attached hydrogens (primary N) is 1. The number of piperidine rings is 1. The minimum absolute atomic E-state index is 0.473. The molecule has 1 saturated heterocycles. The van der Waals surface area contributed by atoms with Gasteiger partial charge in [-0.15, -0.1) is 5.10 Å². The summed E-state index contributed by atoms with van der Waals surface area (Å²) in [6, 6.07) is 8.09. The summed E-state index contributed by atoms with van der Waals surface area (Å²) in [5, 5.41) is 4.56. The van der Waals surface area contributed by atoms with Crippen LogP contribution in [-0.2, 0) is 6.54 Å². The average molecular weight is 336 g/mol. The van der Waals surface area contributed by atoms with Gasteiger partial charge in [-0.25, -0.2) is 4.68 Å². The molecular weight excluding hydrogens is 318 g/mol. The second-order valence-corrected chi connectivity index (χ2v) is 5.92. The van der Waals surface area contributed by atoms with E-state index in [1.807, 2.05) is 18.2 Å². The standard InChI is InChI=1S/C14H18BrN5/c15-12-7-3-2-6-11(12)10-20-13(16)17-14(18-20)19-8-4-1-5-9-19/h2-3,6-7H,1,4-5,8-10H2,(H2,16,17,18). The third-order valence-electron chi connectivity index (χ3n) is 3.61. The molecule has 0 amide bonds. The molecule has 0 spiro atoms. The average Bonchev–Trinajstić information content (AvgIpc) is 2.84. The Morgan fingerprint density at radius 2 is 1.90 bits per heavy atom. The Morgan fingerprint density at radius 1 is 1.15 bits per heavy atom. The van der Waals surface area contributed by atoms with E-state index in [-0.39, 0.29) is 0 Å². The van der Waals surface area contributed by atoms with Gasteiger partial charge >= 0.3 is 0 Å². The van der Waals surface area contributed by atoms with Crippen molar-refractivity contribution < 1.29 is 0 Å². The number of benzene rings is 1. The second-order valence-electron chi connectivity index (χ2n) is 5.07. The number of anilines is 2. The Bertz CT molecular complexity index is 589. The van der Waals surface area contributed by atoms with Gasteiger partial charge < -0.3 is 10.6 Å². The minimum Gasteiger partial charge on any atom is -0.368 e. The zero-order valence-electron chi connectivity index (χ0n) is 11.3. The molecule has 0 atom stereocenters. The lowest BCUT2D eigenvalue weighted by atomic mass is 10.1. The highest BCUT2D eigenvalue weighted by Crippen LogP contribution is 2.20. The molecule has 1 aliphatic heterocycles. The first-order valence-electron chi connectivity index (χ1n) is 6.93. The van der Waals surface area contributed by atoms with Crippen molar-refractivity contribution in [2.75, 3.05) is 23.7 Å². The van der Waals surface area contributed by atoms with Crippen molar-refractivity contribution in [3.05, 3.63) is 34.3 Å². The van der Waals surface area contributed by atoms with Gasteiger partial charge in [-0.2, -0.15) is 4.98 Å². The van der Waals surface area contributed by atoms with E-state index in [4.69, 9.17) is 5.73 Å². The van der Waals surface area contributed by atoms with Crippen LogP contribution in [0.25, 0.3) is 0 Å². The van der Waals surface area contributed by atoms with Crippen molar-refractivity contribution >= 4 is 27.8 Å². The monoisotopic (exact) mass is 335 g/mol. The molecule has 6 heteroatoms. The molecule has 0 radical (unpaired) electrons. The molecule has 2 heterocycles. The third-order valence-corrected chi connectivity index (χ3v) is 4.38. The molecule has 0 unspecified atom stereocenters. The fourth-order valence-electron chi connectivity index (χ4n) is 2.47. The van der Waals surface area contributed by atoms with Crippen LogP contribution in [0.1, 0.15) is 24.8 Å². The molecule has 1 aromatic heterocycles. The summed E-state index contributed by atoms with van der Waals surface area (Å²) in [4.78, 5) is 6.62. The lowest BCUT2D eigenvalue weighted by Crippen LogP contribution is -2.30. The van der Waals surface area contributed by atoms with Gasteiger partial charge in [0.05, 0.1) is 6.54 Å². The van der Waals surface area contributed by atoms with E-state index >= 15 is 0 Å². The molecule has 1 aliphatic rings. The van der Waals surface area contributed by atoms with E-state index in [1.165, 1.54) is 19.3 Å². The van der Waals surface area contributed by atoms with Gasteiger partial charge in [-0.1, -0.05) is 34.1 Å². The maximum Gasteiger partial charge on any atom is 0.246 e. The quantitative estimate of drug-likeness (QED) is 0.936. The van der Waals surface area contributed by atoms with Crippen molar-refractivity contribution in [3.8, 4) is 0 Å². The predicted molar refractivity (Wildman–Crippen MR) is 83.7 cm³/mol. The topological polar surface area (TPSA) is 60.0 Å². The SMILES string of the molecule is Nc1nc(N2CCCCC2)nn1Cc1ccccc1Br. The molecule has 0 aliphatic carbocycles. The van der Waals surface area contributed by atoms with Crippen LogP contribution in [-0.4, -0.2) is 27.9 Å². The van der Waals surface area contributed by atoms with E-state index in [0.29, 0.717) is 12.5 Å². The Kier molecular flexibility index (Phi) is 3.91. The smallest absolute Gasteiger partial charge is 0.246 e. The van der Waals surface area contributed by atoms with Crippen LogP contribution in [0.3, 0.4) is 0 Å². The summed E-state index contributed by atoms with van der Waals surface area (Å²) in [5.41, 5.74) is 7.14. The van der Waals surface area contributed by atoms with E-state index < -0.39 is 0 Å². The van der Waals surface area contributed by atoms with Crippen LogP contribution in [0.5, 0.6) is 0 Å². The Labute approximate surface area is 126 Å². The summed E-state index contributed by atoms with van der Waals surface area (Å²) < 4.78 is 2.83. The first-order chi connectivity index (χ1) is 9.74. The van der Waals surface area contributed by atoms with E-state index in [9.17, 15) is 0 Å². The van der Waals surface area contributed by atoms with Gasteiger partial charge in [0.25, 0.3) is 0 Å². The molecule has 0 bridgehead atoms. The molecule has 2 aromatic rings. The lowest BCUT2D eigenvalue weighted by Gasteiger charge is -2.24. The molecule has 1 fully saturated rings. The van der Waals surface area contributed by atoms with Gasteiger partial charge in [0.2, 0.25) is 11.9 Å². The fourth-order valence-corrected chi connectivity index (χ4v) is 2.88. The van der Waals surface area contributed by atoms with Crippen LogP contribution in [0.4, 0.5) is 11.9 Å². The number of hydrogen-bond acceptors (Lipinski definition) is 4. The Hall–Kier alpha value is -1.56. The van der Waals surface area contributed by atoms with Crippen LogP contribution in [0.2, 0.25) is 0 Å². The molecule has 20 heavy (non-hydrogen) atoms. The van der Waals surface area contributed by atoms with Gasteiger partial charge in [0, 0.05) is 17.6 Å². The van der Waals surface area contributed by atoms with Crippen molar-refractivity contribution in [1.29, 1.82) is 0 Å². The molecule has 1 aromatic carbocycles. The zero-order chi connectivity index (χ0) is 13.9. The number of aromatic nitrogens is 3. The summed E-state index contributed by atoms with van der Waals surface area (Å²) in [7, 11) is 0. The van der Waals surface area contributed by atoms with E-state index in [0.717, 1.165) is 29.1 Å². The summed E-state index contributed by atoms with van der Waals surface area (Å²) in [6.07, 6.45) is 3.71. The number of halogens is 1. The maximum absolute atomic E-state index is 5.99. The molecule has 5 nitrogen and oxygen atoms in total. The molecular formula is C14H18BrN5. The van der Waals surface area contributed by atoms with Crippen molar-refractivity contribution in [2.24, 2.45) is 0 Å². The van der Waals surface area contributed by atoms with Crippen LogP contribution in [0, 0.1) is 0 Å². The van der Waals surface area contributed by atoms with Crippen LogP contribution in [0.15, 0.2) is 28.7 Å². The van der Waals surface area contributed by atoms with Crippen molar-refractivity contribution in [1.82, 2.24) is 14.8 Å². The summed E-state index contributed by atoms with van der Waals surface area (Å²) in [6.45, 7) is 2.69. The zero-order valence-corrected chi connectivity index (χ0v) is 12.9. The molecule has 3 rings (SSSR count). The van der Waals surface area contributed by atoms with Crippen molar-refractivity contribution in [2.45, 2.75) is 25.8 Å². The first kappa shape index (κ1) is 13.4. The Balaban J connectivity index is 1.80. The highest BCUT2D eigenvalue weighted by atomic mass is 79.9. The van der Waals surface area contributed by atoms with E-state index in [2.05, 4.69) is 37.0 Å². The highest BCUT2D eigenvalue weighted by Gasteiger charge is 2.17. The fraction of sp³-hybridized carbons (Fsp3) is 0.429. The maximum atomic E-state index is 5.99. The number of rotatable bonds is 3. The normalized spacial score (nSPS) is 15.6. The largest absolute Gasteiger partial charge is 0.368 e. The van der Waals surface area contributed by atoms with Crippen molar-refractivity contribution in [3.63, 3.8) is 0 Å². The predicted octanol–water partition coefficient (Wildman–Crippen LogP) is 2.66. The Morgan fingerprint density at radius 3 is 2.65 bits per heavy atom. The second kappa shape index (κ2) is 5.83. The summed E-state index contributed by atoms with van der Waals surface area (Å²) >= 11 is 3.55. The van der Waals surface area contributed by atoms with Crippen LogP contribution >= 0.6 is 15.9 Å². The van der Waals surface area contributed by atoms with Gasteiger partial charge in [0.15, 0.2) is 0 Å². The number of nitrogens with zero attached hydrogens (tertiary/aromatic N) is 4. The summed E-state index contributed by atoms with van der Waals surface area (Å²) in [5.74, 6) is 1.23. The lowest BCUT2D eigenvalue weighted by molar-refractivity contribution is 0.564. The minimum atomic E-state index is 0.473. The molecule has 106 valence electrons. The highest BCUT2D eigenvalue weighted by molar-refractivity contribution is 9.10. The number of nitrogen functional groups attached to an aromatic ring is 1. The third kappa shape index (κ3) is 2.80. The number of hydrogen-bond donors (Lipinski definition) is 1. The van der Waals surface area contributed by atoms with Gasteiger partial charge in [-0.3, -0.25) is 0 Å². The molecule has 0 saturated carbocycles. The molecule has 2 N–H and O–H groups in total.